The van der Waals surface area contributed by atoms with Gasteiger partial charge in [0.2, 0.25) is 5.95 Å². The zero-order valence-electron chi connectivity index (χ0n) is 17.8. The predicted molar refractivity (Wildman–Crippen MR) is 122 cm³/mol. The number of imidazole rings is 1. The van der Waals surface area contributed by atoms with E-state index in [1.54, 1.807) is 0 Å². The molecule has 1 aliphatic carbocycles. The number of hydrogen-bond acceptors (Lipinski definition) is 5. The number of fused-ring (bicyclic) bond motifs is 1. The van der Waals surface area contributed by atoms with Crippen molar-refractivity contribution in [2.75, 3.05) is 31.1 Å². The fraction of sp³-hybridized carbons (Fsp3) is 0.333. The lowest BCUT2D eigenvalue weighted by Gasteiger charge is -2.21. The highest BCUT2D eigenvalue weighted by atomic mass is 16.2. The summed E-state index contributed by atoms with van der Waals surface area (Å²) in [5.41, 5.74) is 4.42. The Bertz CT molecular complexity index is 1220. The number of carbonyl (C=O) groups excluding carboxylic acids is 1. The molecule has 0 atom stereocenters. The predicted octanol–water partition coefficient (Wildman–Crippen LogP) is 3.37. The van der Waals surface area contributed by atoms with Gasteiger partial charge in [0.05, 0.1) is 22.4 Å². The van der Waals surface area contributed by atoms with E-state index in [0.717, 1.165) is 60.7 Å². The van der Waals surface area contributed by atoms with Crippen molar-refractivity contribution in [3.8, 4) is 5.69 Å². The Morgan fingerprint density at radius 3 is 2.56 bits per heavy atom. The summed E-state index contributed by atoms with van der Waals surface area (Å²) in [4.78, 5) is 25.8. The van der Waals surface area contributed by atoms with Crippen molar-refractivity contribution in [3.05, 3.63) is 66.0 Å². The number of aromatic nitrogens is 5. The fourth-order valence-corrected chi connectivity index (χ4v) is 4.50. The van der Waals surface area contributed by atoms with Crippen LogP contribution in [0.2, 0.25) is 0 Å². The van der Waals surface area contributed by atoms with E-state index >= 15 is 0 Å². The first-order valence-electron chi connectivity index (χ1n) is 11.3. The van der Waals surface area contributed by atoms with Crippen LogP contribution in [-0.4, -0.2) is 61.9 Å². The molecule has 0 radical (unpaired) electrons. The number of rotatable bonds is 4. The topological polar surface area (TPSA) is 82.9 Å². The minimum Gasteiger partial charge on any atom is -0.341 e. The molecule has 162 valence electrons. The quantitative estimate of drug-likeness (QED) is 0.540. The summed E-state index contributed by atoms with van der Waals surface area (Å²) in [6.45, 7) is 2.93. The van der Waals surface area contributed by atoms with E-state index < -0.39 is 0 Å². The molecule has 8 nitrogen and oxygen atoms in total. The normalized spacial score (nSPS) is 17.0. The molecule has 0 bridgehead atoms. The number of para-hydroxylation sites is 3. The first kappa shape index (κ1) is 19.0. The lowest BCUT2D eigenvalue weighted by atomic mass is 10.2. The largest absolute Gasteiger partial charge is 0.341 e. The van der Waals surface area contributed by atoms with Crippen LogP contribution in [0.4, 0.5) is 5.95 Å². The average molecular weight is 428 g/mol. The van der Waals surface area contributed by atoms with Crippen molar-refractivity contribution in [2.24, 2.45) is 0 Å². The summed E-state index contributed by atoms with van der Waals surface area (Å²) >= 11 is 0. The number of benzene rings is 2. The number of amides is 1. The Morgan fingerprint density at radius 2 is 1.75 bits per heavy atom. The molecule has 4 aromatic rings. The highest BCUT2D eigenvalue weighted by molar-refractivity contribution is 5.94. The number of hydrogen-bond donors (Lipinski definition) is 1. The van der Waals surface area contributed by atoms with Gasteiger partial charge >= 0.3 is 0 Å². The molecule has 2 aromatic carbocycles. The van der Waals surface area contributed by atoms with Crippen LogP contribution in [0.3, 0.4) is 0 Å². The monoisotopic (exact) mass is 427 g/mol. The number of aromatic amines is 1. The van der Waals surface area contributed by atoms with E-state index in [-0.39, 0.29) is 5.91 Å². The second-order valence-electron chi connectivity index (χ2n) is 8.56. The lowest BCUT2D eigenvalue weighted by molar-refractivity contribution is 0.0759. The lowest BCUT2D eigenvalue weighted by Crippen LogP contribution is -2.36. The summed E-state index contributed by atoms with van der Waals surface area (Å²) < 4.78 is 1.85. The minimum atomic E-state index is -0.0134. The molecule has 1 aliphatic heterocycles. The van der Waals surface area contributed by atoms with Crippen molar-refractivity contribution in [3.63, 3.8) is 0 Å². The molecule has 3 heterocycles. The molecular weight excluding hydrogens is 402 g/mol. The number of carbonyl (C=O) groups is 1. The van der Waals surface area contributed by atoms with E-state index in [4.69, 9.17) is 4.98 Å². The van der Waals surface area contributed by atoms with Gasteiger partial charge in [-0.05, 0) is 43.5 Å². The third-order valence-corrected chi connectivity index (χ3v) is 6.33. The Hall–Kier alpha value is -3.68. The zero-order chi connectivity index (χ0) is 21.5. The van der Waals surface area contributed by atoms with E-state index in [0.29, 0.717) is 24.7 Å². The first-order valence-corrected chi connectivity index (χ1v) is 11.3. The van der Waals surface area contributed by atoms with Crippen LogP contribution in [0, 0.1) is 0 Å². The third-order valence-electron chi connectivity index (χ3n) is 6.33. The van der Waals surface area contributed by atoms with Gasteiger partial charge < -0.3 is 14.8 Å². The molecule has 1 amide bonds. The van der Waals surface area contributed by atoms with Crippen LogP contribution < -0.4 is 4.90 Å². The minimum absolute atomic E-state index is 0.0134. The molecule has 2 fully saturated rings. The third kappa shape index (κ3) is 3.41. The van der Waals surface area contributed by atoms with Gasteiger partial charge in [-0.15, -0.1) is 5.10 Å². The van der Waals surface area contributed by atoms with Crippen LogP contribution in [0.25, 0.3) is 16.7 Å². The number of nitrogens with one attached hydrogen (secondary N) is 1. The van der Waals surface area contributed by atoms with E-state index in [1.165, 1.54) is 0 Å². The van der Waals surface area contributed by atoms with Gasteiger partial charge in [-0.25, -0.2) is 9.67 Å². The van der Waals surface area contributed by atoms with Crippen molar-refractivity contribution in [1.29, 1.82) is 0 Å². The summed E-state index contributed by atoms with van der Waals surface area (Å²) in [6, 6.07) is 18.0. The van der Waals surface area contributed by atoms with Crippen LogP contribution in [0.15, 0.2) is 54.6 Å². The molecular formula is C24H25N7O. The Kier molecular flexibility index (Phi) is 4.63. The molecule has 8 heteroatoms. The van der Waals surface area contributed by atoms with Gasteiger partial charge in [-0.3, -0.25) is 4.79 Å². The number of nitrogens with zero attached hydrogens (tertiary/aromatic N) is 6. The second kappa shape index (κ2) is 7.78. The fourth-order valence-electron chi connectivity index (χ4n) is 4.50. The van der Waals surface area contributed by atoms with Gasteiger partial charge in [0.1, 0.15) is 0 Å². The highest BCUT2D eigenvalue weighted by Gasteiger charge is 2.36. The van der Waals surface area contributed by atoms with Gasteiger partial charge in [-0.2, -0.15) is 0 Å². The van der Waals surface area contributed by atoms with Crippen molar-refractivity contribution < 1.29 is 4.79 Å². The van der Waals surface area contributed by atoms with Gasteiger partial charge in [0.25, 0.3) is 5.91 Å². The molecule has 32 heavy (non-hydrogen) atoms. The standard InChI is InChI=1S/C24H25N7O/c32-23(21-22(17-11-12-17)31(28-27-21)18-7-2-1-3-8-18)29-13-6-14-30(16-15-29)24-25-19-9-4-5-10-20(19)26-24/h1-5,7-10,17H,6,11-16H2,(H,25,26). The Balaban J connectivity index is 1.23. The molecule has 1 saturated heterocycles. The molecule has 2 aliphatic rings. The summed E-state index contributed by atoms with van der Waals surface area (Å²) in [5.74, 6) is 1.22. The van der Waals surface area contributed by atoms with E-state index in [2.05, 4.69) is 20.2 Å². The summed E-state index contributed by atoms with van der Waals surface area (Å²) in [5, 5.41) is 8.72. The van der Waals surface area contributed by atoms with Crippen LogP contribution in [0.1, 0.15) is 41.4 Å². The maximum Gasteiger partial charge on any atom is 0.276 e. The van der Waals surface area contributed by atoms with Crippen LogP contribution >= 0.6 is 0 Å². The van der Waals surface area contributed by atoms with Crippen molar-refractivity contribution in [1.82, 2.24) is 29.9 Å². The molecule has 1 N–H and O–H groups in total. The summed E-state index contributed by atoms with van der Waals surface area (Å²) in [6.07, 6.45) is 3.05. The maximum atomic E-state index is 13.5. The SMILES string of the molecule is O=C(c1nnn(-c2ccccc2)c1C1CC1)N1CCCN(c2nc3ccccc3[nH]2)CC1. The molecule has 0 unspecified atom stereocenters. The van der Waals surface area contributed by atoms with Gasteiger partial charge in [0.15, 0.2) is 5.69 Å². The first-order chi connectivity index (χ1) is 15.8. The van der Waals surface area contributed by atoms with Crippen molar-refractivity contribution in [2.45, 2.75) is 25.2 Å². The molecule has 1 saturated carbocycles. The van der Waals surface area contributed by atoms with E-state index in [1.807, 2.05) is 64.2 Å². The second-order valence-corrected chi connectivity index (χ2v) is 8.56. The Labute approximate surface area is 185 Å². The van der Waals surface area contributed by atoms with Crippen LogP contribution in [0.5, 0.6) is 0 Å². The maximum absolute atomic E-state index is 13.5. The molecule has 0 spiro atoms. The van der Waals surface area contributed by atoms with E-state index in [9.17, 15) is 4.79 Å². The van der Waals surface area contributed by atoms with Crippen LogP contribution in [-0.2, 0) is 0 Å². The summed E-state index contributed by atoms with van der Waals surface area (Å²) in [7, 11) is 0. The van der Waals surface area contributed by atoms with Crippen molar-refractivity contribution >= 4 is 22.9 Å². The number of anilines is 1. The smallest absolute Gasteiger partial charge is 0.276 e. The molecule has 6 rings (SSSR count). The zero-order valence-corrected chi connectivity index (χ0v) is 17.8. The molecule has 2 aromatic heterocycles. The highest BCUT2D eigenvalue weighted by Crippen LogP contribution is 2.42. The average Bonchev–Trinajstić information content (AvgIpc) is 3.50. The Morgan fingerprint density at radius 1 is 0.938 bits per heavy atom. The number of H-pyrrole nitrogens is 1. The van der Waals surface area contributed by atoms with Gasteiger partial charge in [0, 0.05) is 32.1 Å². The van der Waals surface area contributed by atoms with Gasteiger partial charge in [-0.1, -0.05) is 35.5 Å².